The van der Waals surface area contributed by atoms with Crippen molar-refractivity contribution < 1.29 is 23.2 Å². The van der Waals surface area contributed by atoms with Gasteiger partial charge in [0.2, 0.25) is 0 Å². The minimum atomic E-state index is -1.22. The van der Waals surface area contributed by atoms with Crippen molar-refractivity contribution in [2.75, 3.05) is 49.7 Å². The van der Waals surface area contributed by atoms with E-state index in [0.29, 0.717) is 48.2 Å². The largest absolute Gasteiger partial charge is 0.491 e. The normalized spacial score (nSPS) is 15.6. The Labute approximate surface area is 291 Å². The fraction of sp³-hybridized carbons (Fsp3) is 0.385. The molecule has 4 aromatic rings. The molecule has 0 bridgehead atoms. The van der Waals surface area contributed by atoms with Crippen LogP contribution in [-0.2, 0) is 32.6 Å². The van der Waals surface area contributed by atoms with E-state index in [9.17, 15) is 9.00 Å². The van der Waals surface area contributed by atoms with Crippen LogP contribution in [0, 0.1) is 0 Å². The van der Waals surface area contributed by atoms with Gasteiger partial charge in [0.05, 0.1) is 47.4 Å². The van der Waals surface area contributed by atoms with Crippen molar-refractivity contribution in [1.29, 1.82) is 0 Å². The average Bonchev–Trinajstić information content (AvgIpc) is 3.54. The van der Waals surface area contributed by atoms with Crippen LogP contribution in [0.3, 0.4) is 0 Å². The predicted octanol–water partition coefficient (Wildman–Crippen LogP) is 7.48. The van der Waals surface area contributed by atoms with Crippen LogP contribution in [0.2, 0.25) is 0 Å². The second-order valence-corrected chi connectivity index (χ2v) is 13.9. The number of ether oxygens (including phenoxy) is 3. The van der Waals surface area contributed by atoms with Crippen LogP contribution in [0.15, 0.2) is 83.7 Å². The average molecular weight is 683 g/mol. The summed E-state index contributed by atoms with van der Waals surface area (Å²) in [5.41, 5.74) is 6.40. The summed E-state index contributed by atoms with van der Waals surface area (Å²) in [4.78, 5) is 21.0. The monoisotopic (exact) mass is 682 g/mol. The van der Waals surface area contributed by atoms with Crippen LogP contribution >= 0.6 is 0 Å². The lowest BCUT2D eigenvalue weighted by molar-refractivity contribution is -0.112. The Morgan fingerprint density at radius 2 is 1.82 bits per heavy atom. The molecule has 9 nitrogen and oxygen atoms in total. The van der Waals surface area contributed by atoms with E-state index in [1.54, 1.807) is 12.5 Å². The van der Waals surface area contributed by atoms with Gasteiger partial charge in [-0.2, -0.15) is 0 Å². The van der Waals surface area contributed by atoms with Crippen molar-refractivity contribution in [3.8, 4) is 22.6 Å². The number of benzene rings is 3. The van der Waals surface area contributed by atoms with Crippen molar-refractivity contribution in [3.63, 3.8) is 0 Å². The quantitative estimate of drug-likeness (QED) is 0.130. The fourth-order valence-corrected chi connectivity index (χ4v) is 7.31. The first-order valence-electron chi connectivity index (χ1n) is 17.4. The van der Waals surface area contributed by atoms with Gasteiger partial charge in [-0.05, 0) is 91.4 Å². The maximum atomic E-state index is 13.7. The number of unbranched alkanes of at least 4 members (excludes halogenated alkanes) is 1. The molecule has 0 aliphatic carbocycles. The molecule has 0 spiro atoms. The molecule has 10 heteroatoms. The van der Waals surface area contributed by atoms with E-state index in [2.05, 4.69) is 53.3 Å². The molecule has 2 aliphatic heterocycles. The Bertz CT molecular complexity index is 1770. The van der Waals surface area contributed by atoms with Crippen molar-refractivity contribution in [1.82, 2.24) is 9.55 Å². The molecule has 1 aromatic heterocycles. The van der Waals surface area contributed by atoms with Crippen molar-refractivity contribution in [3.05, 3.63) is 90.0 Å². The fourth-order valence-electron chi connectivity index (χ4n) is 6.20. The summed E-state index contributed by atoms with van der Waals surface area (Å²) < 4.78 is 32.8. The maximum Gasteiger partial charge on any atom is 0.251 e. The first-order chi connectivity index (χ1) is 24.0. The third kappa shape index (κ3) is 8.80. The van der Waals surface area contributed by atoms with Gasteiger partial charge >= 0.3 is 0 Å². The summed E-state index contributed by atoms with van der Waals surface area (Å²) in [5.74, 6) is 1.90. The van der Waals surface area contributed by atoms with E-state index >= 15 is 0 Å². The molecule has 0 radical (unpaired) electrons. The first kappa shape index (κ1) is 34.5. The summed E-state index contributed by atoms with van der Waals surface area (Å²) in [5, 5.41) is 3.08. The van der Waals surface area contributed by atoms with Gasteiger partial charge in [0.25, 0.3) is 5.91 Å². The Hall–Kier alpha value is -4.41. The zero-order valence-corrected chi connectivity index (χ0v) is 29.3. The lowest BCUT2D eigenvalue weighted by Gasteiger charge is -2.34. The highest BCUT2D eigenvalue weighted by Crippen LogP contribution is 2.42. The number of anilines is 2. The molecule has 0 saturated heterocycles. The molecule has 1 N–H and O–H groups in total. The number of carbonyl (C=O) groups excluding carboxylic acids is 1. The topological polar surface area (TPSA) is 94.9 Å². The maximum absolute atomic E-state index is 13.7. The summed E-state index contributed by atoms with van der Waals surface area (Å²) >= 11 is 0. The molecular weight excluding hydrogens is 637 g/mol. The minimum Gasteiger partial charge on any atom is -0.491 e. The number of aromatic nitrogens is 2. The smallest absolute Gasteiger partial charge is 0.251 e. The third-order valence-electron chi connectivity index (χ3n) is 8.78. The van der Waals surface area contributed by atoms with Gasteiger partial charge < -0.3 is 29.0 Å². The van der Waals surface area contributed by atoms with Gasteiger partial charge in [0.1, 0.15) is 24.7 Å². The Morgan fingerprint density at radius 1 is 0.980 bits per heavy atom. The van der Waals surface area contributed by atoms with E-state index in [-0.39, 0.29) is 5.91 Å². The van der Waals surface area contributed by atoms with Crippen molar-refractivity contribution in [2.45, 2.75) is 63.1 Å². The van der Waals surface area contributed by atoms with Crippen LogP contribution in [0.4, 0.5) is 11.4 Å². The van der Waals surface area contributed by atoms with E-state index in [0.717, 1.165) is 91.5 Å². The van der Waals surface area contributed by atoms with E-state index < -0.39 is 10.8 Å². The second-order valence-electron chi connectivity index (χ2n) is 12.4. The number of imidazole rings is 1. The molecular formula is C39H46N4O5S. The molecule has 6 rings (SSSR count). The molecule has 3 aromatic carbocycles. The Kier molecular flexibility index (Phi) is 11.8. The number of nitrogens with one attached hydrogen (secondary N) is 1. The standard InChI is InChI=1S/C39H46N4O5S/c1-3-5-19-46-21-22-47-35-12-8-29(9-13-35)31-24-32-23-30(7-6-17-42-18-20-48-37(25-31)38(32)42)39(44)41-33-10-14-36(15-11-33)49(45)27-34-26-40-28-43(34)16-4-2/h8-15,23-26,28H,3-7,16-22,27H2,1-2H3,(H,41,44)/b30-23+/t49-/m0/s1. The van der Waals surface area contributed by atoms with E-state index in [4.69, 9.17) is 14.2 Å². The second kappa shape index (κ2) is 16.8. The van der Waals surface area contributed by atoms with Gasteiger partial charge in [-0.25, -0.2) is 4.98 Å². The molecule has 1 atom stereocenters. The number of carbonyl (C=O) groups is 1. The van der Waals surface area contributed by atoms with Gasteiger partial charge in [0, 0.05) is 47.6 Å². The lowest BCUT2D eigenvalue weighted by Crippen LogP contribution is -2.35. The number of hydrogen-bond acceptors (Lipinski definition) is 7. The molecule has 0 fully saturated rings. The molecule has 2 aliphatic rings. The molecule has 258 valence electrons. The van der Waals surface area contributed by atoms with Gasteiger partial charge in [-0.1, -0.05) is 32.4 Å². The number of hydrogen-bond donors (Lipinski definition) is 1. The highest BCUT2D eigenvalue weighted by Gasteiger charge is 2.25. The minimum absolute atomic E-state index is 0.137. The predicted molar refractivity (Wildman–Crippen MR) is 196 cm³/mol. The molecule has 0 saturated carbocycles. The van der Waals surface area contributed by atoms with Crippen molar-refractivity contribution in [2.24, 2.45) is 0 Å². The Morgan fingerprint density at radius 3 is 2.61 bits per heavy atom. The third-order valence-corrected chi connectivity index (χ3v) is 10.1. The van der Waals surface area contributed by atoms with Crippen LogP contribution in [0.5, 0.6) is 11.5 Å². The first-order valence-corrected chi connectivity index (χ1v) is 18.7. The van der Waals surface area contributed by atoms with E-state index in [1.807, 2.05) is 47.0 Å². The zero-order valence-electron chi connectivity index (χ0n) is 28.5. The lowest BCUT2D eigenvalue weighted by atomic mass is 9.95. The number of aryl methyl sites for hydroxylation is 1. The highest BCUT2D eigenvalue weighted by atomic mass is 32.2. The summed E-state index contributed by atoms with van der Waals surface area (Å²) in [6, 6.07) is 19.6. The van der Waals surface area contributed by atoms with Gasteiger partial charge in [-0.15, -0.1) is 0 Å². The molecule has 49 heavy (non-hydrogen) atoms. The summed E-state index contributed by atoms with van der Waals surface area (Å²) in [6.07, 6.45) is 10.3. The van der Waals surface area contributed by atoms with Gasteiger partial charge in [0.15, 0.2) is 0 Å². The number of amides is 1. The van der Waals surface area contributed by atoms with Crippen LogP contribution < -0.4 is 19.7 Å². The summed E-state index contributed by atoms with van der Waals surface area (Å²) in [6.45, 7) is 9.26. The van der Waals surface area contributed by atoms with Crippen LogP contribution in [0.25, 0.3) is 17.2 Å². The van der Waals surface area contributed by atoms with Gasteiger partial charge in [-0.3, -0.25) is 9.00 Å². The molecule has 0 unspecified atom stereocenters. The van der Waals surface area contributed by atoms with Crippen LogP contribution in [-0.4, -0.2) is 59.2 Å². The highest BCUT2D eigenvalue weighted by molar-refractivity contribution is 7.84. The number of rotatable bonds is 15. The number of nitrogens with zero attached hydrogens (tertiary/aromatic N) is 3. The SMILES string of the molecule is CCCCOCCOc1ccc(-c2cc3c4c(c2)OCCN4CCC/C(C(=O)Nc2ccc([S@@](=O)Cc4cncn4CCC)cc2)=C\3)cc1. The molecule has 3 heterocycles. The molecule has 1 amide bonds. The van der Waals surface area contributed by atoms with Crippen LogP contribution in [0.1, 0.15) is 57.2 Å². The van der Waals surface area contributed by atoms with E-state index in [1.165, 1.54) is 0 Å². The zero-order chi connectivity index (χ0) is 34.0. The van der Waals surface area contributed by atoms with Crippen molar-refractivity contribution >= 4 is 34.2 Å². The Balaban J connectivity index is 1.16. The summed E-state index contributed by atoms with van der Waals surface area (Å²) in [7, 11) is -1.22.